The first-order chi connectivity index (χ1) is 9.04. The normalized spacial score (nSPS) is 12.2. The Morgan fingerprint density at radius 2 is 2.00 bits per heavy atom. The van der Waals surface area contributed by atoms with Gasteiger partial charge in [-0.25, -0.2) is 0 Å². The minimum absolute atomic E-state index is 0. The topological polar surface area (TPSA) is 74.0 Å². The van der Waals surface area contributed by atoms with Gasteiger partial charge >= 0.3 is 0 Å². The van der Waals surface area contributed by atoms with Crippen molar-refractivity contribution in [2.45, 2.75) is 39.3 Å². The minimum atomic E-state index is -0.324. The maximum absolute atomic E-state index is 11.2. The molecule has 0 aliphatic rings. The second-order valence-electron chi connectivity index (χ2n) is 5.01. The number of carbonyl (C=O) groups is 1. The van der Waals surface area contributed by atoms with E-state index in [4.69, 9.17) is 11.5 Å². The molecule has 0 saturated heterocycles. The molecule has 20 heavy (non-hydrogen) atoms. The van der Waals surface area contributed by atoms with Crippen molar-refractivity contribution in [3.8, 4) is 0 Å². The Bertz CT molecular complexity index is 606. The third kappa shape index (κ3) is 3.14. The molecule has 2 aromatic rings. The summed E-state index contributed by atoms with van der Waals surface area (Å²) in [7, 11) is 0. The average molecular weight is 296 g/mol. The van der Waals surface area contributed by atoms with E-state index < -0.39 is 0 Å². The predicted octanol–water partition coefficient (Wildman–Crippen LogP) is 2.14. The zero-order valence-corrected chi connectivity index (χ0v) is 12.7. The summed E-state index contributed by atoms with van der Waals surface area (Å²) in [6.07, 6.45) is 1.77. The lowest BCUT2D eigenvalue weighted by Gasteiger charge is -2.10. The van der Waals surface area contributed by atoms with E-state index in [1.165, 1.54) is 10.9 Å². The first-order valence-corrected chi connectivity index (χ1v) is 6.65. The molecule has 110 valence electrons. The molecular formula is C15H22ClN3O. The van der Waals surface area contributed by atoms with Gasteiger partial charge in [0.2, 0.25) is 5.91 Å². The average Bonchev–Trinajstić information content (AvgIpc) is 2.64. The molecule has 0 fully saturated rings. The molecule has 0 saturated carbocycles. The van der Waals surface area contributed by atoms with E-state index in [0.717, 1.165) is 24.1 Å². The van der Waals surface area contributed by atoms with E-state index in [1.54, 1.807) is 0 Å². The number of hydrogen-bond acceptors (Lipinski definition) is 2. The number of aromatic nitrogens is 1. The van der Waals surface area contributed by atoms with Crippen molar-refractivity contribution in [2.75, 3.05) is 0 Å². The standard InChI is InChI=1S/C15H21N3O.ClH/c1-3-11(16)8-13-10(2)18(9-15(17)19)14-7-5-4-6-12(13)14;/h4-7,11H,3,8-9,16H2,1-2H3,(H2,17,19);1H. The second-order valence-corrected chi connectivity index (χ2v) is 5.01. The molecule has 2 rings (SSSR count). The maximum atomic E-state index is 11.2. The summed E-state index contributed by atoms with van der Waals surface area (Å²) < 4.78 is 1.98. The number of halogens is 1. The van der Waals surface area contributed by atoms with Crippen molar-refractivity contribution in [2.24, 2.45) is 11.5 Å². The van der Waals surface area contributed by atoms with Crippen molar-refractivity contribution in [1.82, 2.24) is 4.57 Å². The summed E-state index contributed by atoms with van der Waals surface area (Å²) in [5.74, 6) is -0.324. The summed E-state index contributed by atoms with van der Waals surface area (Å²) in [6.45, 7) is 4.33. The molecule has 0 radical (unpaired) electrons. The molecule has 1 atom stereocenters. The molecule has 0 bridgehead atoms. The van der Waals surface area contributed by atoms with E-state index >= 15 is 0 Å². The van der Waals surface area contributed by atoms with Crippen molar-refractivity contribution in [3.63, 3.8) is 0 Å². The Morgan fingerprint density at radius 3 is 2.60 bits per heavy atom. The molecule has 4 N–H and O–H groups in total. The van der Waals surface area contributed by atoms with Crippen LogP contribution >= 0.6 is 12.4 Å². The summed E-state index contributed by atoms with van der Waals surface area (Å²) in [5, 5.41) is 1.17. The Hall–Kier alpha value is -1.52. The number of amides is 1. The van der Waals surface area contributed by atoms with Gasteiger partial charge in [0.1, 0.15) is 6.54 Å². The highest BCUT2D eigenvalue weighted by atomic mass is 35.5. The van der Waals surface area contributed by atoms with Crippen LogP contribution in [0, 0.1) is 6.92 Å². The molecule has 1 aromatic heterocycles. The highest BCUT2D eigenvalue weighted by molar-refractivity contribution is 5.87. The summed E-state index contributed by atoms with van der Waals surface area (Å²) in [4.78, 5) is 11.2. The molecular weight excluding hydrogens is 274 g/mol. The van der Waals surface area contributed by atoms with Crippen molar-refractivity contribution >= 4 is 29.2 Å². The van der Waals surface area contributed by atoms with Crippen molar-refractivity contribution in [1.29, 1.82) is 0 Å². The zero-order chi connectivity index (χ0) is 14.0. The van der Waals surface area contributed by atoms with Crippen LogP contribution in [0.3, 0.4) is 0 Å². The molecule has 0 aliphatic carbocycles. The van der Waals surface area contributed by atoms with Gasteiger partial charge in [0, 0.05) is 22.6 Å². The molecule has 5 heteroatoms. The second kappa shape index (κ2) is 6.77. The van der Waals surface area contributed by atoms with Crippen LogP contribution in [0.1, 0.15) is 24.6 Å². The first kappa shape index (κ1) is 16.5. The summed E-state index contributed by atoms with van der Waals surface area (Å²) >= 11 is 0. The van der Waals surface area contributed by atoms with Crippen LogP contribution in [0.4, 0.5) is 0 Å². The number of fused-ring (bicyclic) bond motifs is 1. The number of para-hydroxylation sites is 1. The van der Waals surface area contributed by atoms with Gasteiger partial charge in [-0.15, -0.1) is 12.4 Å². The van der Waals surface area contributed by atoms with Crippen LogP contribution in [0.25, 0.3) is 10.9 Å². The van der Waals surface area contributed by atoms with Gasteiger partial charge < -0.3 is 16.0 Å². The van der Waals surface area contributed by atoms with E-state index in [1.807, 2.05) is 29.7 Å². The minimum Gasteiger partial charge on any atom is -0.368 e. The number of benzene rings is 1. The van der Waals surface area contributed by atoms with Crippen LogP contribution in [0.15, 0.2) is 24.3 Å². The van der Waals surface area contributed by atoms with Gasteiger partial charge in [-0.1, -0.05) is 25.1 Å². The quantitative estimate of drug-likeness (QED) is 0.887. The Balaban J connectivity index is 0.00000200. The van der Waals surface area contributed by atoms with E-state index in [2.05, 4.69) is 13.0 Å². The Labute approximate surface area is 125 Å². The Morgan fingerprint density at radius 1 is 1.35 bits per heavy atom. The van der Waals surface area contributed by atoms with E-state index in [0.29, 0.717) is 0 Å². The van der Waals surface area contributed by atoms with Crippen LogP contribution in [-0.2, 0) is 17.8 Å². The number of carbonyl (C=O) groups excluding carboxylic acids is 1. The van der Waals surface area contributed by atoms with Gasteiger partial charge in [0.25, 0.3) is 0 Å². The zero-order valence-electron chi connectivity index (χ0n) is 11.9. The van der Waals surface area contributed by atoms with Gasteiger partial charge in [0.05, 0.1) is 0 Å². The fraction of sp³-hybridized carbons (Fsp3) is 0.400. The van der Waals surface area contributed by atoms with Crippen molar-refractivity contribution in [3.05, 3.63) is 35.5 Å². The van der Waals surface area contributed by atoms with Crippen LogP contribution < -0.4 is 11.5 Å². The molecule has 1 unspecified atom stereocenters. The number of nitrogens with zero attached hydrogens (tertiary/aromatic N) is 1. The Kier molecular flexibility index (Phi) is 5.60. The van der Waals surface area contributed by atoms with Crippen LogP contribution in [-0.4, -0.2) is 16.5 Å². The van der Waals surface area contributed by atoms with E-state index in [-0.39, 0.29) is 30.9 Å². The molecule has 0 aliphatic heterocycles. The summed E-state index contributed by atoms with van der Waals surface area (Å²) in [5.41, 5.74) is 14.8. The summed E-state index contributed by atoms with van der Waals surface area (Å²) in [6, 6.07) is 8.23. The largest absolute Gasteiger partial charge is 0.368 e. The fourth-order valence-electron chi connectivity index (χ4n) is 2.53. The monoisotopic (exact) mass is 295 g/mol. The van der Waals surface area contributed by atoms with Crippen molar-refractivity contribution < 1.29 is 4.79 Å². The van der Waals surface area contributed by atoms with Gasteiger partial charge in [-0.2, -0.15) is 0 Å². The predicted molar refractivity (Wildman–Crippen MR) is 85.1 cm³/mol. The molecule has 1 heterocycles. The highest BCUT2D eigenvalue weighted by Gasteiger charge is 2.16. The van der Waals surface area contributed by atoms with Crippen LogP contribution in [0.2, 0.25) is 0 Å². The number of hydrogen-bond donors (Lipinski definition) is 2. The third-order valence-corrected chi connectivity index (χ3v) is 3.67. The molecule has 1 amide bonds. The van der Waals surface area contributed by atoms with Crippen LogP contribution in [0.5, 0.6) is 0 Å². The van der Waals surface area contributed by atoms with Gasteiger partial charge in [-0.05, 0) is 31.4 Å². The maximum Gasteiger partial charge on any atom is 0.237 e. The molecule has 0 spiro atoms. The lowest BCUT2D eigenvalue weighted by Crippen LogP contribution is -2.22. The van der Waals surface area contributed by atoms with Gasteiger partial charge in [-0.3, -0.25) is 4.79 Å². The smallest absolute Gasteiger partial charge is 0.237 e. The number of primary amides is 1. The van der Waals surface area contributed by atoms with Gasteiger partial charge in [0.15, 0.2) is 0 Å². The number of nitrogens with two attached hydrogens (primary N) is 2. The number of rotatable bonds is 5. The fourth-order valence-corrected chi connectivity index (χ4v) is 2.53. The SMILES string of the molecule is CCC(N)Cc1c(C)n(CC(N)=O)c2ccccc12.Cl. The third-order valence-electron chi connectivity index (χ3n) is 3.67. The lowest BCUT2D eigenvalue weighted by atomic mass is 10.0. The molecule has 4 nitrogen and oxygen atoms in total. The first-order valence-electron chi connectivity index (χ1n) is 6.65. The van der Waals surface area contributed by atoms with E-state index in [9.17, 15) is 4.79 Å². The molecule has 1 aromatic carbocycles. The highest BCUT2D eigenvalue weighted by Crippen LogP contribution is 2.27. The lowest BCUT2D eigenvalue weighted by molar-refractivity contribution is -0.118.